The van der Waals surface area contributed by atoms with Crippen molar-refractivity contribution in [1.29, 1.82) is 0 Å². The number of hydrogen-bond donors (Lipinski definition) is 1. The number of anilines is 1. The molecule has 1 aliphatic heterocycles. The van der Waals surface area contributed by atoms with Gasteiger partial charge in [-0.3, -0.25) is 4.79 Å². The minimum absolute atomic E-state index is 0.0137. The van der Waals surface area contributed by atoms with Gasteiger partial charge in [0.1, 0.15) is 5.75 Å². The van der Waals surface area contributed by atoms with Crippen molar-refractivity contribution in [3.8, 4) is 17.2 Å². The molecule has 3 aromatic rings. The summed E-state index contributed by atoms with van der Waals surface area (Å²) in [6.07, 6.45) is 3.11. The number of amides is 1. The van der Waals surface area contributed by atoms with Gasteiger partial charge in [-0.05, 0) is 29.8 Å². The summed E-state index contributed by atoms with van der Waals surface area (Å²) in [6.45, 7) is 0. The van der Waals surface area contributed by atoms with E-state index in [-0.39, 0.29) is 11.7 Å². The molecule has 4 rings (SSSR count). The van der Waals surface area contributed by atoms with E-state index in [1.807, 2.05) is 0 Å². The van der Waals surface area contributed by atoms with E-state index in [0.717, 1.165) is 5.56 Å². The second-order valence-electron chi connectivity index (χ2n) is 6.10. The Balaban J connectivity index is 1.59. The average Bonchev–Trinajstić information content (AvgIpc) is 3.37. The molecule has 0 bridgehead atoms. The average molecular weight is 392 g/mol. The second-order valence-corrected chi connectivity index (χ2v) is 6.10. The highest BCUT2D eigenvalue weighted by Gasteiger charge is 2.26. The van der Waals surface area contributed by atoms with E-state index < -0.39 is 5.97 Å². The summed E-state index contributed by atoms with van der Waals surface area (Å²) in [4.78, 5) is 24.3. The maximum Gasteiger partial charge on any atom is 0.382 e. The van der Waals surface area contributed by atoms with Crippen LogP contribution in [-0.4, -0.2) is 31.3 Å². The monoisotopic (exact) mass is 392 g/mol. The fourth-order valence-electron chi connectivity index (χ4n) is 2.94. The number of carbonyl (C=O) groups excluding carboxylic acids is 2. The molecule has 146 valence electrons. The first-order valence-electron chi connectivity index (χ1n) is 8.61. The standard InChI is InChI=1S/C21H16N2O6/c1-26-18-10-14-15(20(24)23-16(14)11-19(18)27-2)9-12-3-5-13(6-4-12)28-21(25)17-7-8-22-29-17/h3-11H,1-2H3,(H,23,24). The number of ether oxygens (including phenoxy) is 3. The van der Waals surface area contributed by atoms with Crippen molar-refractivity contribution in [2.45, 2.75) is 0 Å². The van der Waals surface area contributed by atoms with Crippen LogP contribution in [0.4, 0.5) is 5.69 Å². The smallest absolute Gasteiger partial charge is 0.382 e. The summed E-state index contributed by atoms with van der Waals surface area (Å²) >= 11 is 0. The molecule has 2 aromatic carbocycles. The van der Waals surface area contributed by atoms with Gasteiger partial charge >= 0.3 is 5.97 Å². The van der Waals surface area contributed by atoms with Gasteiger partial charge in [0.15, 0.2) is 11.5 Å². The summed E-state index contributed by atoms with van der Waals surface area (Å²) < 4.78 is 20.6. The molecule has 1 aliphatic rings. The first-order chi connectivity index (χ1) is 14.1. The van der Waals surface area contributed by atoms with E-state index in [1.54, 1.807) is 42.5 Å². The highest BCUT2D eigenvalue weighted by molar-refractivity contribution is 6.35. The van der Waals surface area contributed by atoms with Crippen LogP contribution in [0.15, 0.2) is 53.2 Å². The maximum absolute atomic E-state index is 12.4. The number of carbonyl (C=O) groups is 2. The molecule has 0 saturated carbocycles. The molecule has 0 fully saturated rings. The number of nitrogens with zero attached hydrogens (tertiary/aromatic N) is 1. The number of esters is 1. The first kappa shape index (κ1) is 18.3. The normalized spacial score (nSPS) is 13.7. The van der Waals surface area contributed by atoms with Crippen LogP contribution in [0.2, 0.25) is 0 Å². The predicted molar refractivity (Wildman–Crippen MR) is 104 cm³/mol. The van der Waals surface area contributed by atoms with E-state index in [2.05, 4.69) is 10.5 Å². The predicted octanol–water partition coefficient (Wildman–Crippen LogP) is 3.40. The van der Waals surface area contributed by atoms with E-state index in [1.165, 1.54) is 26.5 Å². The van der Waals surface area contributed by atoms with Crippen molar-refractivity contribution >= 4 is 29.2 Å². The Kier molecular flexibility index (Phi) is 4.74. The zero-order valence-electron chi connectivity index (χ0n) is 15.6. The van der Waals surface area contributed by atoms with Gasteiger partial charge in [-0.25, -0.2) is 4.79 Å². The van der Waals surface area contributed by atoms with Crippen LogP contribution in [0.1, 0.15) is 21.7 Å². The van der Waals surface area contributed by atoms with Crippen LogP contribution in [0.25, 0.3) is 11.6 Å². The van der Waals surface area contributed by atoms with Crippen LogP contribution < -0.4 is 19.5 Å². The molecule has 1 amide bonds. The Morgan fingerprint density at radius 3 is 2.45 bits per heavy atom. The maximum atomic E-state index is 12.4. The second kappa shape index (κ2) is 7.51. The molecule has 0 aliphatic carbocycles. The molecule has 1 aromatic heterocycles. The van der Waals surface area contributed by atoms with Gasteiger partial charge in [0, 0.05) is 23.3 Å². The first-order valence-corrected chi connectivity index (χ1v) is 8.61. The van der Waals surface area contributed by atoms with Crippen molar-refractivity contribution in [2.24, 2.45) is 0 Å². The minimum atomic E-state index is -0.640. The van der Waals surface area contributed by atoms with Crippen molar-refractivity contribution in [1.82, 2.24) is 5.16 Å². The summed E-state index contributed by atoms with van der Waals surface area (Å²) in [5, 5.41) is 6.29. The number of benzene rings is 2. The Labute approximate surface area is 165 Å². The highest BCUT2D eigenvalue weighted by atomic mass is 16.6. The third-order valence-electron chi connectivity index (χ3n) is 4.35. The molecule has 0 spiro atoms. The van der Waals surface area contributed by atoms with Crippen molar-refractivity contribution in [3.05, 3.63) is 65.5 Å². The van der Waals surface area contributed by atoms with Crippen LogP contribution in [0.3, 0.4) is 0 Å². The molecule has 2 heterocycles. The van der Waals surface area contributed by atoms with E-state index in [0.29, 0.717) is 34.1 Å². The lowest BCUT2D eigenvalue weighted by atomic mass is 10.0. The Hall–Kier alpha value is -4.07. The summed E-state index contributed by atoms with van der Waals surface area (Å²) in [6, 6.07) is 11.6. The number of nitrogens with one attached hydrogen (secondary N) is 1. The third-order valence-corrected chi connectivity index (χ3v) is 4.35. The molecule has 8 nitrogen and oxygen atoms in total. The molecule has 0 atom stereocenters. The molecule has 0 radical (unpaired) electrons. The Morgan fingerprint density at radius 2 is 1.79 bits per heavy atom. The summed E-state index contributed by atoms with van der Waals surface area (Å²) in [7, 11) is 3.07. The summed E-state index contributed by atoms with van der Waals surface area (Å²) in [5.74, 6) is 0.556. The number of aromatic nitrogens is 1. The highest BCUT2D eigenvalue weighted by Crippen LogP contribution is 2.41. The largest absolute Gasteiger partial charge is 0.493 e. The molecular weight excluding hydrogens is 376 g/mol. The van der Waals surface area contributed by atoms with Crippen molar-refractivity contribution < 1.29 is 28.3 Å². The minimum Gasteiger partial charge on any atom is -0.493 e. The van der Waals surface area contributed by atoms with Crippen LogP contribution in [-0.2, 0) is 4.79 Å². The van der Waals surface area contributed by atoms with E-state index in [4.69, 9.17) is 18.7 Å². The molecule has 1 N–H and O–H groups in total. The van der Waals surface area contributed by atoms with Crippen LogP contribution in [0, 0.1) is 0 Å². The molecular formula is C21H16N2O6. The van der Waals surface area contributed by atoms with E-state index in [9.17, 15) is 9.59 Å². The van der Waals surface area contributed by atoms with Gasteiger partial charge < -0.3 is 24.1 Å². The Bertz CT molecular complexity index is 1100. The fourth-order valence-corrected chi connectivity index (χ4v) is 2.94. The van der Waals surface area contributed by atoms with Gasteiger partial charge in [-0.1, -0.05) is 17.3 Å². The molecule has 29 heavy (non-hydrogen) atoms. The number of fused-ring (bicyclic) bond motifs is 1. The number of hydrogen-bond acceptors (Lipinski definition) is 7. The number of rotatable bonds is 5. The number of methoxy groups -OCH3 is 2. The third kappa shape index (κ3) is 3.55. The lowest BCUT2D eigenvalue weighted by Gasteiger charge is -2.09. The van der Waals surface area contributed by atoms with Gasteiger partial charge in [0.2, 0.25) is 5.76 Å². The van der Waals surface area contributed by atoms with Crippen molar-refractivity contribution in [3.63, 3.8) is 0 Å². The van der Waals surface area contributed by atoms with Gasteiger partial charge in [0.25, 0.3) is 5.91 Å². The SMILES string of the molecule is COc1cc2c(cc1OC)C(=Cc1ccc(OC(=O)c3ccno3)cc1)C(=O)N2. The fraction of sp³-hybridized carbons (Fsp3) is 0.0952. The molecule has 0 saturated heterocycles. The van der Waals surface area contributed by atoms with Crippen LogP contribution in [0.5, 0.6) is 17.2 Å². The van der Waals surface area contributed by atoms with Gasteiger partial charge in [-0.15, -0.1) is 0 Å². The zero-order chi connectivity index (χ0) is 20.4. The zero-order valence-corrected chi connectivity index (χ0v) is 15.6. The van der Waals surface area contributed by atoms with Crippen LogP contribution >= 0.6 is 0 Å². The lowest BCUT2D eigenvalue weighted by Crippen LogP contribution is -2.07. The molecule has 8 heteroatoms. The molecule has 0 unspecified atom stereocenters. The van der Waals surface area contributed by atoms with E-state index >= 15 is 0 Å². The quantitative estimate of drug-likeness (QED) is 0.403. The van der Waals surface area contributed by atoms with Crippen molar-refractivity contribution in [2.75, 3.05) is 19.5 Å². The summed E-state index contributed by atoms with van der Waals surface area (Å²) in [5.41, 5.74) is 2.62. The lowest BCUT2D eigenvalue weighted by molar-refractivity contribution is -0.110. The van der Waals surface area contributed by atoms with Gasteiger partial charge in [-0.2, -0.15) is 0 Å². The Morgan fingerprint density at radius 1 is 1.07 bits per heavy atom. The topological polar surface area (TPSA) is 99.9 Å². The van der Waals surface area contributed by atoms with Gasteiger partial charge in [0.05, 0.1) is 26.1 Å².